The smallest absolute Gasteiger partial charge is 0.244 e. The Morgan fingerprint density at radius 2 is 1.56 bits per heavy atom. The van der Waals surface area contributed by atoms with E-state index in [1.165, 1.54) is 0 Å². The summed E-state index contributed by atoms with van der Waals surface area (Å²) in [6, 6.07) is 13.7. The first-order valence-corrected chi connectivity index (χ1v) is 12.2. The van der Waals surface area contributed by atoms with Gasteiger partial charge in [0.15, 0.2) is 0 Å². The van der Waals surface area contributed by atoms with E-state index in [-0.39, 0.29) is 25.5 Å². The van der Waals surface area contributed by atoms with Crippen molar-refractivity contribution in [2.45, 2.75) is 40.5 Å². The van der Waals surface area contributed by atoms with Crippen molar-refractivity contribution < 1.29 is 24.7 Å². The van der Waals surface area contributed by atoms with Crippen LogP contribution in [0.1, 0.15) is 39.7 Å². The SMILES string of the molecule is CC(C)C.CCNC(=O)CNC(=O)C(CC(=O)NO)Cc1ccc2ccccc2c1.CN(C)CCO. The molecule has 0 saturated carbocycles. The Morgan fingerprint density at radius 1 is 0.944 bits per heavy atom. The Hall–Kier alpha value is -3.01. The zero-order chi connectivity index (χ0) is 27.5. The minimum atomic E-state index is -0.697. The van der Waals surface area contributed by atoms with Crippen LogP contribution in [0.15, 0.2) is 42.5 Å². The van der Waals surface area contributed by atoms with Crippen molar-refractivity contribution in [1.29, 1.82) is 0 Å². The van der Waals surface area contributed by atoms with Gasteiger partial charge in [-0.25, -0.2) is 5.48 Å². The normalized spacial score (nSPS) is 11.1. The second-order valence-corrected chi connectivity index (χ2v) is 9.25. The first-order chi connectivity index (χ1) is 17.0. The third-order valence-corrected chi connectivity index (χ3v) is 4.57. The van der Waals surface area contributed by atoms with E-state index in [9.17, 15) is 14.4 Å². The fraction of sp³-hybridized carbons (Fsp3) is 0.519. The molecule has 0 aliphatic heterocycles. The summed E-state index contributed by atoms with van der Waals surface area (Å²) in [5, 5.41) is 24.2. The van der Waals surface area contributed by atoms with Crippen molar-refractivity contribution in [2.75, 3.05) is 40.3 Å². The molecule has 0 radical (unpaired) electrons. The number of carbonyl (C=O) groups is 3. The Bertz CT molecular complexity index is 915. The molecule has 36 heavy (non-hydrogen) atoms. The van der Waals surface area contributed by atoms with Gasteiger partial charge in [0.05, 0.1) is 19.1 Å². The van der Waals surface area contributed by atoms with Crippen molar-refractivity contribution in [3.63, 3.8) is 0 Å². The number of nitrogens with zero attached hydrogens (tertiary/aromatic N) is 1. The highest BCUT2D eigenvalue weighted by molar-refractivity contribution is 5.89. The van der Waals surface area contributed by atoms with Gasteiger partial charge in [-0.15, -0.1) is 0 Å². The molecule has 0 bridgehead atoms. The summed E-state index contributed by atoms with van der Waals surface area (Å²) in [6.07, 6.45) is 0.143. The molecular formula is C27H44N4O5. The topological polar surface area (TPSA) is 131 Å². The number of carbonyl (C=O) groups excluding carboxylic acids is 3. The largest absolute Gasteiger partial charge is 0.395 e. The van der Waals surface area contributed by atoms with Crippen LogP contribution in [0.25, 0.3) is 10.8 Å². The maximum Gasteiger partial charge on any atom is 0.244 e. The molecule has 0 saturated heterocycles. The van der Waals surface area contributed by atoms with Crippen LogP contribution in [0.3, 0.4) is 0 Å². The van der Waals surface area contributed by atoms with E-state index in [4.69, 9.17) is 10.3 Å². The van der Waals surface area contributed by atoms with Gasteiger partial charge >= 0.3 is 0 Å². The monoisotopic (exact) mass is 504 g/mol. The van der Waals surface area contributed by atoms with Gasteiger partial charge in [0.2, 0.25) is 17.7 Å². The van der Waals surface area contributed by atoms with Crippen LogP contribution in [0.4, 0.5) is 0 Å². The fourth-order valence-corrected chi connectivity index (χ4v) is 2.95. The zero-order valence-electron chi connectivity index (χ0n) is 22.5. The second kappa shape index (κ2) is 19.2. The molecule has 9 nitrogen and oxygen atoms in total. The summed E-state index contributed by atoms with van der Waals surface area (Å²) in [5.74, 6) is -1.22. The van der Waals surface area contributed by atoms with E-state index < -0.39 is 17.7 Å². The van der Waals surface area contributed by atoms with Crippen molar-refractivity contribution in [2.24, 2.45) is 11.8 Å². The van der Waals surface area contributed by atoms with Crippen LogP contribution < -0.4 is 16.1 Å². The van der Waals surface area contributed by atoms with E-state index in [1.54, 1.807) is 12.4 Å². The van der Waals surface area contributed by atoms with E-state index in [1.807, 2.05) is 61.5 Å². The quantitative estimate of drug-likeness (QED) is 0.249. The molecule has 0 aliphatic rings. The molecule has 0 aliphatic carbocycles. The first-order valence-electron chi connectivity index (χ1n) is 12.2. The zero-order valence-corrected chi connectivity index (χ0v) is 22.5. The van der Waals surface area contributed by atoms with Gasteiger partial charge in [0.25, 0.3) is 0 Å². The van der Waals surface area contributed by atoms with Crippen molar-refractivity contribution >= 4 is 28.5 Å². The molecule has 0 fully saturated rings. The van der Waals surface area contributed by atoms with Crippen LogP contribution in [-0.2, 0) is 20.8 Å². The van der Waals surface area contributed by atoms with E-state index >= 15 is 0 Å². The standard InChI is InChI=1S/C19H23N3O4.C4H11NO.C4H10/c1-2-20-18(24)12-21-19(25)16(11-17(23)22-26)10-13-7-8-14-5-3-4-6-15(14)9-13;1-5(2)3-4-6;1-4(2)3/h3-9,16,26H,2,10-12H2,1H3,(H,20,24)(H,21,25)(H,22,23);6H,3-4H2,1-2H3;4H,1-3H3. The molecule has 5 N–H and O–H groups in total. The Morgan fingerprint density at radius 3 is 2.06 bits per heavy atom. The number of hydrogen-bond donors (Lipinski definition) is 5. The number of nitrogens with one attached hydrogen (secondary N) is 3. The number of benzene rings is 2. The average Bonchev–Trinajstić information content (AvgIpc) is 2.82. The van der Waals surface area contributed by atoms with Gasteiger partial charge in [-0.05, 0) is 49.7 Å². The van der Waals surface area contributed by atoms with E-state index in [0.717, 1.165) is 28.8 Å². The van der Waals surface area contributed by atoms with Crippen LogP contribution in [0.2, 0.25) is 0 Å². The molecule has 2 aromatic rings. The van der Waals surface area contributed by atoms with E-state index in [0.29, 0.717) is 13.0 Å². The number of aliphatic hydroxyl groups is 1. The molecule has 2 rings (SSSR count). The molecule has 1 unspecified atom stereocenters. The lowest BCUT2D eigenvalue weighted by Gasteiger charge is -2.16. The molecule has 2 aromatic carbocycles. The van der Waals surface area contributed by atoms with Gasteiger partial charge in [-0.1, -0.05) is 63.2 Å². The summed E-state index contributed by atoms with van der Waals surface area (Å²) < 4.78 is 0. The average molecular weight is 505 g/mol. The maximum absolute atomic E-state index is 12.4. The molecule has 9 heteroatoms. The lowest BCUT2D eigenvalue weighted by molar-refractivity contribution is -0.135. The Kier molecular flexibility index (Phi) is 17.6. The summed E-state index contributed by atoms with van der Waals surface area (Å²) in [6.45, 7) is 9.63. The second-order valence-electron chi connectivity index (χ2n) is 9.25. The highest BCUT2D eigenvalue weighted by atomic mass is 16.5. The maximum atomic E-state index is 12.4. The summed E-state index contributed by atoms with van der Waals surface area (Å²) in [7, 11) is 3.85. The molecule has 0 spiro atoms. The molecule has 0 aromatic heterocycles. The van der Waals surface area contributed by atoms with Crippen LogP contribution >= 0.6 is 0 Å². The van der Waals surface area contributed by atoms with Crippen molar-refractivity contribution in [3.8, 4) is 0 Å². The Labute approximate surface area is 215 Å². The minimum Gasteiger partial charge on any atom is -0.395 e. The van der Waals surface area contributed by atoms with Crippen molar-refractivity contribution in [1.82, 2.24) is 21.0 Å². The number of rotatable bonds is 10. The lowest BCUT2D eigenvalue weighted by Crippen LogP contribution is -2.41. The third kappa shape index (κ3) is 15.8. The number of aliphatic hydroxyl groups excluding tert-OH is 1. The van der Waals surface area contributed by atoms with E-state index in [2.05, 4.69) is 31.4 Å². The molecule has 202 valence electrons. The summed E-state index contributed by atoms with van der Waals surface area (Å²) >= 11 is 0. The minimum absolute atomic E-state index is 0.151. The van der Waals surface area contributed by atoms with Crippen LogP contribution in [0.5, 0.6) is 0 Å². The number of amides is 3. The van der Waals surface area contributed by atoms with Gasteiger partial charge in [0, 0.05) is 19.5 Å². The predicted molar refractivity (Wildman–Crippen MR) is 144 cm³/mol. The summed E-state index contributed by atoms with van der Waals surface area (Å²) in [5.41, 5.74) is 2.45. The molecular weight excluding hydrogens is 460 g/mol. The van der Waals surface area contributed by atoms with Gasteiger partial charge in [-0.2, -0.15) is 0 Å². The third-order valence-electron chi connectivity index (χ3n) is 4.57. The Balaban J connectivity index is 0.00000104. The number of hydroxylamine groups is 1. The highest BCUT2D eigenvalue weighted by Gasteiger charge is 2.23. The molecule has 1 atom stereocenters. The van der Waals surface area contributed by atoms with Gasteiger partial charge in [-0.3, -0.25) is 19.6 Å². The van der Waals surface area contributed by atoms with Gasteiger partial charge in [0.1, 0.15) is 0 Å². The summed E-state index contributed by atoms with van der Waals surface area (Å²) in [4.78, 5) is 37.4. The molecule has 3 amide bonds. The van der Waals surface area contributed by atoms with Crippen LogP contribution in [0, 0.1) is 11.8 Å². The lowest BCUT2D eigenvalue weighted by atomic mass is 9.93. The predicted octanol–water partition coefficient (Wildman–Crippen LogP) is 2.35. The number of likely N-dealkylation sites (N-methyl/N-ethyl adjacent to an activating group) is 2. The number of hydrogen-bond acceptors (Lipinski definition) is 6. The number of fused-ring (bicyclic) bond motifs is 1. The first kappa shape index (κ1) is 33.0. The fourth-order valence-electron chi connectivity index (χ4n) is 2.95. The molecule has 0 heterocycles. The highest BCUT2D eigenvalue weighted by Crippen LogP contribution is 2.19. The van der Waals surface area contributed by atoms with Crippen LogP contribution in [-0.4, -0.2) is 73.3 Å². The van der Waals surface area contributed by atoms with Gasteiger partial charge < -0.3 is 20.6 Å². The van der Waals surface area contributed by atoms with Crippen molar-refractivity contribution in [3.05, 3.63) is 48.0 Å².